The number of benzene rings is 7. The molecule has 0 aliphatic heterocycles. The van der Waals surface area contributed by atoms with E-state index in [1.165, 1.54) is 48.7 Å². The SMILES string of the molecule is CC(C)[Si](Oc1ccc(-c2c3ccccc3cc3c2ccc2ccccc23)c2oc3cc4ccccc4cc3c12)(C(C)C)C(C)C. The van der Waals surface area contributed by atoms with Crippen molar-refractivity contribution in [2.75, 3.05) is 0 Å². The minimum atomic E-state index is -2.26. The zero-order valence-electron chi connectivity index (χ0n) is 27.5. The van der Waals surface area contributed by atoms with E-state index in [1.807, 2.05) is 0 Å². The van der Waals surface area contributed by atoms with Gasteiger partial charge < -0.3 is 8.84 Å². The predicted octanol–water partition coefficient (Wildman–Crippen LogP) is 13.4. The molecule has 0 N–H and O–H groups in total. The molecule has 0 amide bonds. The Morgan fingerprint density at radius 3 is 1.78 bits per heavy atom. The Morgan fingerprint density at radius 2 is 1.09 bits per heavy atom. The van der Waals surface area contributed by atoms with E-state index < -0.39 is 8.32 Å². The molecule has 2 nitrogen and oxygen atoms in total. The van der Waals surface area contributed by atoms with Gasteiger partial charge in [-0.25, -0.2) is 0 Å². The maximum atomic E-state index is 7.48. The number of rotatable bonds is 6. The quantitative estimate of drug-likeness (QED) is 0.105. The molecule has 0 saturated carbocycles. The first kappa shape index (κ1) is 28.8. The summed E-state index contributed by atoms with van der Waals surface area (Å²) < 4.78 is 14.5. The molecular formula is C43H40O2Si. The van der Waals surface area contributed by atoms with Crippen molar-refractivity contribution in [1.82, 2.24) is 0 Å². The van der Waals surface area contributed by atoms with E-state index in [4.69, 9.17) is 8.84 Å². The first-order valence-electron chi connectivity index (χ1n) is 16.7. The van der Waals surface area contributed by atoms with E-state index >= 15 is 0 Å². The van der Waals surface area contributed by atoms with E-state index in [9.17, 15) is 0 Å². The lowest BCUT2D eigenvalue weighted by Gasteiger charge is -2.42. The summed E-state index contributed by atoms with van der Waals surface area (Å²) in [5.41, 5.74) is 5.47. The summed E-state index contributed by atoms with van der Waals surface area (Å²) in [6.07, 6.45) is 0. The first-order valence-corrected chi connectivity index (χ1v) is 18.8. The van der Waals surface area contributed by atoms with Crippen LogP contribution in [0.25, 0.3) is 76.2 Å². The zero-order valence-corrected chi connectivity index (χ0v) is 28.5. The number of hydrogen-bond acceptors (Lipinski definition) is 2. The van der Waals surface area contributed by atoms with Gasteiger partial charge in [0.25, 0.3) is 8.32 Å². The average Bonchev–Trinajstić information content (AvgIpc) is 3.43. The maximum Gasteiger partial charge on any atom is 0.258 e. The molecule has 0 fully saturated rings. The molecule has 3 heteroatoms. The minimum absolute atomic E-state index is 0.455. The van der Waals surface area contributed by atoms with Gasteiger partial charge in [0.1, 0.15) is 16.9 Å². The second kappa shape index (κ2) is 10.7. The minimum Gasteiger partial charge on any atom is -0.542 e. The van der Waals surface area contributed by atoms with Crippen LogP contribution in [-0.4, -0.2) is 8.32 Å². The van der Waals surface area contributed by atoms with Gasteiger partial charge in [-0.05, 0) is 90.0 Å². The molecule has 1 aromatic heterocycles. The standard InChI is InChI=1S/C43H40O2Si/c1-26(2)46(27(3)4,28(5)6)45-39-22-21-36(43-42(39)38-23-30-14-7-8-15-31(30)25-40(38)44-43)41-34-18-12-10-16-32(34)24-37-33-17-11-9-13-29(33)19-20-35(37)41/h7-28H,1-6H3. The fraction of sp³-hybridized carbons (Fsp3) is 0.209. The van der Waals surface area contributed by atoms with Gasteiger partial charge in [-0.15, -0.1) is 0 Å². The highest BCUT2D eigenvalue weighted by Crippen LogP contribution is 2.50. The summed E-state index contributed by atoms with van der Waals surface area (Å²) in [5.74, 6) is 0.950. The lowest BCUT2D eigenvalue weighted by Crippen LogP contribution is -2.50. The second-order valence-corrected chi connectivity index (χ2v) is 19.3. The Labute approximate surface area is 271 Å². The highest BCUT2D eigenvalue weighted by molar-refractivity contribution is 6.78. The van der Waals surface area contributed by atoms with Crippen molar-refractivity contribution in [3.05, 3.63) is 115 Å². The fourth-order valence-corrected chi connectivity index (χ4v) is 13.7. The van der Waals surface area contributed by atoms with Gasteiger partial charge in [-0.2, -0.15) is 0 Å². The van der Waals surface area contributed by atoms with E-state index in [1.54, 1.807) is 0 Å². The Morgan fingerprint density at radius 1 is 0.500 bits per heavy atom. The summed E-state index contributed by atoms with van der Waals surface area (Å²) in [4.78, 5) is 0. The molecule has 0 bridgehead atoms. The summed E-state index contributed by atoms with van der Waals surface area (Å²) in [6.45, 7) is 14.1. The van der Waals surface area contributed by atoms with Crippen LogP contribution in [0, 0.1) is 0 Å². The van der Waals surface area contributed by atoms with Crippen molar-refractivity contribution in [3.63, 3.8) is 0 Å². The second-order valence-electron chi connectivity index (χ2n) is 13.9. The van der Waals surface area contributed by atoms with Gasteiger partial charge in [-0.1, -0.05) is 126 Å². The third kappa shape index (κ3) is 4.21. The molecule has 8 aromatic rings. The average molecular weight is 617 g/mol. The van der Waals surface area contributed by atoms with E-state index in [2.05, 4.69) is 157 Å². The van der Waals surface area contributed by atoms with Crippen LogP contribution >= 0.6 is 0 Å². The van der Waals surface area contributed by atoms with Crippen LogP contribution in [0.5, 0.6) is 5.75 Å². The summed E-state index contributed by atoms with van der Waals surface area (Å²) in [6, 6.07) is 41.9. The molecule has 1 heterocycles. The lowest BCUT2D eigenvalue weighted by atomic mass is 9.89. The fourth-order valence-electron chi connectivity index (χ4n) is 8.47. The Balaban J connectivity index is 1.52. The molecule has 0 spiro atoms. The topological polar surface area (TPSA) is 22.4 Å². The highest BCUT2D eigenvalue weighted by atomic mass is 28.4. The third-order valence-corrected chi connectivity index (χ3v) is 16.5. The largest absolute Gasteiger partial charge is 0.542 e. The molecule has 228 valence electrons. The Bertz CT molecular complexity index is 2420. The Hall–Kier alpha value is -4.60. The van der Waals surface area contributed by atoms with E-state index in [0.29, 0.717) is 16.6 Å². The van der Waals surface area contributed by atoms with Crippen LogP contribution in [0.15, 0.2) is 120 Å². The third-order valence-electron chi connectivity index (χ3n) is 10.5. The molecule has 0 unspecified atom stereocenters. The maximum absolute atomic E-state index is 7.48. The van der Waals surface area contributed by atoms with Gasteiger partial charge >= 0.3 is 0 Å². The van der Waals surface area contributed by atoms with Crippen molar-refractivity contribution in [3.8, 4) is 16.9 Å². The van der Waals surface area contributed by atoms with Gasteiger partial charge in [0.15, 0.2) is 0 Å². The van der Waals surface area contributed by atoms with Crippen molar-refractivity contribution in [2.24, 2.45) is 0 Å². The van der Waals surface area contributed by atoms with E-state index in [0.717, 1.165) is 33.3 Å². The summed E-state index contributed by atoms with van der Waals surface area (Å²) >= 11 is 0. The van der Waals surface area contributed by atoms with E-state index in [-0.39, 0.29) is 0 Å². The molecule has 0 aliphatic rings. The Kier molecular flexibility index (Phi) is 6.74. The first-order chi connectivity index (χ1) is 22.3. The van der Waals surface area contributed by atoms with Gasteiger partial charge in [0.05, 0.1) is 5.39 Å². The molecule has 0 atom stereocenters. The van der Waals surface area contributed by atoms with Crippen molar-refractivity contribution in [1.29, 1.82) is 0 Å². The van der Waals surface area contributed by atoms with Crippen LogP contribution in [0.4, 0.5) is 0 Å². The number of furan rings is 1. The molecule has 0 saturated heterocycles. The number of hydrogen-bond donors (Lipinski definition) is 0. The smallest absolute Gasteiger partial charge is 0.258 e. The molecule has 7 aromatic carbocycles. The van der Waals surface area contributed by atoms with Crippen LogP contribution in [0.2, 0.25) is 16.6 Å². The molecule has 0 radical (unpaired) electrons. The van der Waals surface area contributed by atoms with Crippen LogP contribution in [0.1, 0.15) is 41.5 Å². The summed E-state index contributed by atoms with van der Waals surface area (Å²) in [7, 11) is -2.26. The highest BCUT2D eigenvalue weighted by Gasteiger charge is 2.47. The molecule has 46 heavy (non-hydrogen) atoms. The van der Waals surface area contributed by atoms with Gasteiger partial charge in [0, 0.05) is 16.5 Å². The molecule has 0 aliphatic carbocycles. The normalized spacial score (nSPS) is 12.7. The van der Waals surface area contributed by atoms with Crippen LogP contribution < -0.4 is 4.43 Å². The summed E-state index contributed by atoms with van der Waals surface area (Å²) in [5, 5.41) is 12.0. The lowest BCUT2D eigenvalue weighted by molar-refractivity contribution is 0.484. The number of fused-ring (bicyclic) bond motifs is 8. The van der Waals surface area contributed by atoms with Crippen LogP contribution in [-0.2, 0) is 0 Å². The van der Waals surface area contributed by atoms with Crippen molar-refractivity contribution >= 4 is 73.3 Å². The molecule has 8 rings (SSSR count). The van der Waals surface area contributed by atoms with Crippen LogP contribution in [0.3, 0.4) is 0 Å². The van der Waals surface area contributed by atoms with Gasteiger partial charge in [0.2, 0.25) is 0 Å². The predicted molar refractivity (Wildman–Crippen MR) is 201 cm³/mol. The van der Waals surface area contributed by atoms with Crippen molar-refractivity contribution < 1.29 is 8.84 Å². The van der Waals surface area contributed by atoms with Crippen molar-refractivity contribution in [2.45, 2.75) is 58.2 Å². The van der Waals surface area contributed by atoms with Gasteiger partial charge in [-0.3, -0.25) is 0 Å². The molecular weight excluding hydrogens is 577 g/mol. The monoisotopic (exact) mass is 616 g/mol. The zero-order chi connectivity index (χ0) is 31.7.